The van der Waals surface area contributed by atoms with Crippen LogP contribution >= 0.6 is 0 Å². The number of carbonyl (C=O) groups excluding carboxylic acids is 1. The lowest BCUT2D eigenvalue weighted by atomic mass is 10.2. The van der Waals surface area contributed by atoms with E-state index in [1.807, 2.05) is 13.0 Å². The molecule has 0 aliphatic rings. The molecule has 1 aromatic carbocycles. The van der Waals surface area contributed by atoms with Crippen molar-refractivity contribution in [3.05, 3.63) is 75.8 Å². The van der Waals surface area contributed by atoms with Crippen LogP contribution in [0.4, 0.5) is 0 Å². The molecule has 29 heavy (non-hydrogen) atoms. The maximum atomic E-state index is 12.4. The van der Waals surface area contributed by atoms with Crippen LogP contribution in [-0.4, -0.2) is 29.8 Å². The Morgan fingerprint density at radius 3 is 2.69 bits per heavy atom. The van der Waals surface area contributed by atoms with Crippen LogP contribution in [0.25, 0.3) is 5.65 Å². The van der Waals surface area contributed by atoms with Crippen molar-refractivity contribution in [2.24, 2.45) is 0 Å². The second-order valence-electron chi connectivity index (χ2n) is 6.90. The van der Waals surface area contributed by atoms with Gasteiger partial charge in [0.15, 0.2) is 0 Å². The Bertz CT molecular complexity index is 1230. The quantitative estimate of drug-likeness (QED) is 0.618. The fourth-order valence-corrected chi connectivity index (χ4v) is 4.02. The van der Waals surface area contributed by atoms with Crippen LogP contribution in [0.3, 0.4) is 0 Å². The van der Waals surface area contributed by atoms with E-state index in [-0.39, 0.29) is 28.7 Å². The monoisotopic (exact) mass is 415 g/mol. The number of ether oxygens (including phenoxy) is 1. The van der Waals surface area contributed by atoms with Gasteiger partial charge in [0.2, 0.25) is 10.0 Å². The van der Waals surface area contributed by atoms with Gasteiger partial charge < -0.3 is 4.74 Å². The van der Waals surface area contributed by atoms with Gasteiger partial charge in [0.05, 0.1) is 16.2 Å². The Hall–Kier alpha value is -3.04. The third-order valence-electron chi connectivity index (χ3n) is 3.98. The molecule has 0 spiro atoms. The number of carbonyl (C=O) groups is 1. The highest BCUT2D eigenvalue weighted by atomic mass is 32.2. The molecule has 0 aliphatic carbocycles. The molecule has 0 atom stereocenters. The van der Waals surface area contributed by atoms with Crippen LogP contribution in [-0.2, 0) is 21.4 Å². The topological polar surface area (TPSA) is 107 Å². The lowest BCUT2D eigenvalue weighted by molar-refractivity contribution is 0.0467. The fourth-order valence-electron chi connectivity index (χ4n) is 2.72. The average molecular weight is 415 g/mol. The van der Waals surface area contributed by atoms with Crippen molar-refractivity contribution < 1.29 is 17.9 Å². The summed E-state index contributed by atoms with van der Waals surface area (Å²) in [6.07, 6.45) is 1.68. The van der Waals surface area contributed by atoms with Crippen LogP contribution in [0.1, 0.15) is 35.5 Å². The number of esters is 1. The summed E-state index contributed by atoms with van der Waals surface area (Å²) in [5.41, 5.74) is 1.48. The summed E-state index contributed by atoms with van der Waals surface area (Å²) in [7, 11) is -3.73. The molecule has 8 nitrogen and oxygen atoms in total. The minimum atomic E-state index is -3.73. The number of nitrogens with one attached hydrogen (secondary N) is 1. The molecule has 2 heterocycles. The van der Waals surface area contributed by atoms with Gasteiger partial charge in [-0.1, -0.05) is 12.1 Å². The van der Waals surface area contributed by atoms with Gasteiger partial charge >= 0.3 is 5.97 Å². The number of pyridine rings is 1. The third kappa shape index (κ3) is 4.87. The van der Waals surface area contributed by atoms with E-state index in [0.29, 0.717) is 11.3 Å². The number of rotatable bonds is 6. The summed E-state index contributed by atoms with van der Waals surface area (Å²) >= 11 is 0. The molecule has 152 valence electrons. The minimum absolute atomic E-state index is 0.0295. The van der Waals surface area contributed by atoms with Crippen molar-refractivity contribution in [2.75, 3.05) is 0 Å². The largest absolute Gasteiger partial charge is 0.456 e. The van der Waals surface area contributed by atoms with E-state index < -0.39 is 16.0 Å². The lowest BCUT2D eigenvalue weighted by Gasteiger charge is -2.11. The Morgan fingerprint density at radius 2 is 1.97 bits per heavy atom. The number of nitrogens with zero attached hydrogens (tertiary/aromatic N) is 2. The van der Waals surface area contributed by atoms with Crippen molar-refractivity contribution in [3.8, 4) is 0 Å². The summed E-state index contributed by atoms with van der Waals surface area (Å²) in [5, 5.41) is 0. The molecule has 0 aliphatic heterocycles. The van der Waals surface area contributed by atoms with Gasteiger partial charge in [-0.05, 0) is 50.6 Å². The van der Waals surface area contributed by atoms with Gasteiger partial charge in [-0.25, -0.2) is 22.9 Å². The molecule has 0 radical (unpaired) electrons. The van der Waals surface area contributed by atoms with E-state index in [9.17, 15) is 18.0 Å². The van der Waals surface area contributed by atoms with Gasteiger partial charge in [0, 0.05) is 18.3 Å². The number of hydrogen-bond donors (Lipinski definition) is 1. The van der Waals surface area contributed by atoms with Crippen LogP contribution < -0.4 is 10.3 Å². The lowest BCUT2D eigenvalue weighted by Crippen LogP contribution is -2.30. The van der Waals surface area contributed by atoms with E-state index in [1.54, 1.807) is 26.1 Å². The molecule has 0 saturated heterocycles. The number of sulfonamides is 1. The first-order valence-corrected chi connectivity index (χ1v) is 10.4. The molecule has 0 saturated carbocycles. The molecule has 0 bridgehead atoms. The molecule has 3 aromatic rings. The normalized spacial score (nSPS) is 11.7. The maximum Gasteiger partial charge on any atom is 0.338 e. The molecular formula is C20H21N3O5S. The summed E-state index contributed by atoms with van der Waals surface area (Å²) in [5.74, 6) is -0.711. The average Bonchev–Trinajstić information content (AvgIpc) is 2.66. The van der Waals surface area contributed by atoms with E-state index in [4.69, 9.17) is 4.74 Å². The first-order chi connectivity index (χ1) is 13.7. The first kappa shape index (κ1) is 20.7. The van der Waals surface area contributed by atoms with Gasteiger partial charge in [-0.15, -0.1) is 0 Å². The molecule has 2 aromatic heterocycles. The minimum Gasteiger partial charge on any atom is -0.456 e. The molecule has 0 unspecified atom stereocenters. The highest BCUT2D eigenvalue weighted by molar-refractivity contribution is 7.89. The predicted molar refractivity (Wildman–Crippen MR) is 107 cm³/mol. The smallest absolute Gasteiger partial charge is 0.338 e. The van der Waals surface area contributed by atoms with Crippen molar-refractivity contribution in [1.82, 2.24) is 14.1 Å². The van der Waals surface area contributed by atoms with Crippen molar-refractivity contribution in [3.63, 3.8) is 0 Å². The predicted octanol–water partition coefficient (Wildman–Crippen LogP) is 2.05. The SMILES string of the molecule is Cc1ccc2nc(COC(=O)c3cccc(S(=O)(=O)NC(C)C)c3)cc(=O)n2c1. The van der Waals surface area contributed by atoms with Crippen molar-refractivity contribution in [2.45, 2.75) is 38.3 Å². The van der Waals surface area contributed by atoms with E-state index in [0.717, 1.165) is 5.56 Å². The van der Waals surface area contributed by atoms with Crippen LogP contribution in [0.5, 0.6) is 0 Å². The Morgan fingerprint density at radius 1 is 1.21 bits per heavy atom. The summed E-state index contributed by atoms with van der Waals surface area (Å²) < 4.78 is 33.6. The number of aromatic nitrogens is 2. The Kier molecular flexibility index (Phi) is 5.81. The van der Waals surface area contributed by atoms with Gasteiger partial charge in [0.1, 0.15) is 12.3 Å². The number of aryl methyl sites for hydroxylation is 1. The Balaban J connectivity index is 1.78. The second kappa shape index (κ2) is 8.14. The number of fused-ring (bicyclic) bond motifs is 1. The Labute approximate surface area is 168 Å². The highest BCUT2D eigenvalue weighted by Gasteiger charge is 2.18. The second-order valence-corrected chi connectivity index (χ2v) is 8.61. The number of benzene rings is 1. The van der Waals surface area contributed by atoms with Gasteiger partial charge in [-0.3, -0.25) is 9.20 Å². The van der Waals surface area contributed by atoms with Crippen molar-refractivity contribution in [1.29, 1.82) is 0 Å². The molecule has 3 rings (SSSR count). The highest BCUT2D eigenvalue weighted by Crippen LogP contribution is 2.14. The molecule has 9 heteroatoms. The molecule has 0 fully saturated rings. The van der Waals surface area contributed by atoms with Crippen LogP contribution in [0, 0.1) is 6.92 Å². The maximum absolute atomic E-state index is 12.4. The van der Waals surface area contributed by atoms with Gasteiger partial charge in [0.25, 0.3) is 5.56 Å². The van der Waals surface area contributed by atoms with Crippen LogP contribution in [0.2, 0.25) is 0 Å². The van der Waals surface area contributed by atoms with E-state index in [1.165, 1.54) is 34.7 Å². The zero-order chi connectivity index (χ0) is 21.2. The first-order valence-electron chi connectivity index (χ1n) is 8.94. The molecule has 1 N–H and O–H groups in total. The summed E-state index contributed by atoms with van der Waals surface area (Å²) in [6, 6.07) is 10.1. The number of hydrogen-bond acceptors (Lipinski definition) is 6. The van der Waals surface area contributed by atoms with Crippen molar-refractivity contribution >= 4 is 21.6 Å². The van der Waals surface area contributed by atoms with Crippen LogP contribution in [0.15, 0.2) is 58.4 Å². The standard InChI is InChI=1S/C20H21N3O5S/c1-13(2)22-29(26,27)17-6-4-5-15(9-17)20(25)28-12-16-10-19(24)23-11-14(3)7-8-18(23)21-16/h4-11,13,22H,12H2,1-3H3. The summed E-state index contributed by atoms with van der Waals surface area (Å²) in [6.45, 7) is 5.07. The third-order valence-corrected chi connectivity index (χ3v) is 5.64. The zero-order valence-electron chi connectivity index (χ0n) is 16.2. The van der Waals surface area contributed by atoms with E-state index >= 15 is 0 Å². The summed E-state index contributed by atoms with van der Waals surface area (Å²) in [4.78, 5) is 28.9. The molecular weight excluding hydrogens is 394 g/mol. The molecule has 0 amide bonds. The zero-order valence-corrected chi connectivity index (χ0v) is 17.1. The van der Waals surface area contributed by atoms with E-state index in [2.05, 4.69) is 9.71 Å². The fraction of sp³-hybridized carbons (Fsp3) is 0.250. The van der Waals surface area contributed by atoms with Gasteiger partial charge in [-0.2, -0.15) is 0 Å².